The highest BCUT2D eigenvalue weighted by atomic mass is 79.9. The highest BCUT2D eigenvalue weighted by molar-refractivity contribution is 9.10. The molecular weight excluding hydrogens is 363 g/mol. The number of primary amides is 1. The van der Waals surface area contributed by atoms with E-state index >= 15 is 0 Å². The van der Waals surface area contributed by atoms with E-state index in [-0.39, 0.29) is 0 Å². The first kappa shape index (κ1) is 15.2. The fraction of sp³-hybridized carbons (Fsp3) is 0.0714. The molecule has 2 rings (SSSR count). The zero-order valence-electron chi connectivity index (χ0n) is 10.2. The van der Waals surface area contributed by atoms with Crippen molar-refractivity contribution in [3.05, 3.63) is 62.5 Å². The maximum absolute atomic E-state index is 11.7. The monoisotopic (exact) mass is 372 g/mol. The number of hydrogen-bond acceptors (Lipinski definition) is 2. The normalized spacial score (nSPS) is 11.9. The lowest BCUT2D eigenvalue weighted by Crippen LogP contribution is -2.28. The van der Waals surface area contributed by atoms with Gasteiger partial charge in [-0.1, -0.05) is 45.2 Å². The van der Waals surface area contributed by atoms with E-state index in [0.29, 0.717) is 21.3 Å². The van der Waals surface area contributed by atoms with Crippen LogP contribution in [0.15, 0.2) is 46.9 Å². The van der Waals surface area contributed by atoms with Gasteiger partial charge in [-0.05, 0) is 36.4 Å². The second-order valence-electron chi connectivity index (χ2n) is 4.16. The van der Waals surface area contributed by atoms with E-state index in [1.807, 2.05) is 0 Å². The number of nitrogens with two attached hydrogens (primary N) is 1. The van der Waals surface area contributed by atoms with Gasteiger partial charge in [0.1, 0.15) is 6.04 Å². The Bertz CT molecular complexity index is 649. The molecule has 0 radical (unpaired) electrons. The minimum Gasteiger partial charge on any atom is -0.370 e. The van der Waals surface area contributed by atoms with Crippen LogP contribution in [-0.2, 0) is 4.79 Å². The second-order valence-corrected chi connectivity index (χ2v) is 5.92. The second kappa shape index (κ2) is 6.48. The van der Waals surface area contributed by atoms with Gasteiger partial charge in [0.15, 0.2) is 0 Å². The third-order valence-electron chi connectivity index (χ3n) is 2.69. The number of hydrogen-bond donors (Lipinski definition) is 2. The van der Waals surface area contributed by atoms with E-state index in [9.17, 15) is 4.79 Å². The van der Waals surface area contributed by atoms with E-state index in [1.54, 1.807) is 42.5 Å². The Kier molecular flexibility index (Phi) is 4.91. The molecule has 1 amide bonds. The smallest absolute Gasteiger partial charge is 0.244 e. The van der Waals surface area contributed by atoms with Crippen molar-refractivity contribution in [3.8, 4) is 0 Å². The third-order valence-corrected chi connectivity index (χ3v) is 3.76. The van der Waals surface area contributed by atoms with Gasteiger partial charge in [-0.15, -0.1) is 0 Å². The van der Waals surface area contributed by atoms with Crippen LogP contribution in [0, 0.1) is 0 Å². The lowest BCUT2D eigenvalue weighted by molar-refractivity contribution is -0.118. The molecule has 2 aromatic rings. The molecule has 0 heterocycles. The summed E-state index contributed by atoms with van der Waals surface area (Å²) in [5.41, 5.74) is 6.76. The molecule has 0 bridgehead atoms. The average Bonchev–Trinajstić information content (AvgIpc) is 2.39. The van der Waals surface area contributed by atoms with Gasteiger partial charge in [-0.25, -0.2) is 0 Å². The number of amides is 1. The van der Waals surface area contributed by atoms with Crippen LogP contribution in [0.25, 0.3) is 0 Å². The molecule has 20 heavy (non-hydrogen) atoms. The zero-order valence-corrected chi connectivity index (χ0v) is 13.3. The van der Waals surface area contributed by atoms with Crippen molar-refractivity contribution in [1.82, 2.24) is 0 Å². The Morgan fingerprint density at radius 2 is 1.95 bits per heavy atom. The summed E-state index contributed by atoms with van der Waals surface area (Å²) in [5, 5.41) is 4.07. The fourth-order valence-electron chi connectivity index (χ4n) is 1.78. The molecule has 2 aromatic carbocycles. The van der Waals surface area contributed by atoms with Crippen LogP contribution in [0.4, 0.5) is 5.69 Å². The SMILES string of the molecule is NC(=O)C(Nc1cccc(Cl)c1)c1cc(Br)ccc1Cl. The molecule has 3 N–H and O–H groups in total. The summed E-state index contributed by atoms with van der Waals surface area (Å²) < 4.78 is 0.816. The molecule has 0 fully saturated rings. The Balaban J connectivity index is 2.37. The fourth-order valence-corrected chi connectivity index (χ4v) is 2.58. The summed E-state index contributed by atoms with van der Waals surface area (Å²) in [4.78, 5) is 11.7. The number of nitrogens with one attached hydrogen (secondary N) is 1. The first-order valence-corrected chi connectivity index (χ1v) is 7.28. The molecule has 104 valence electrons. The van der Waals surface area contributed by atoms with E-state index in [4.69, 9.17) is 28.9 Å². The van der Waals surface area contributed by atoms with Crippen LogP contribution in [-0.4, -0.2) is 5.91 Å². The molecular formula is C14H11BrCl2N2O. The van der Waals surface area contributed by atoms with Crippen LogP contribution < -0.4 is 11.1 Å². The van der Waals surface area contributed by atoms with E-state index < -0.39 is 11.9 Å². The molecule has 1 unspecified atom stereocenters. The predicted octanol–water partition coefficient (Wildman–Crippen LogP) is 4.39. The van der Waals surface area contributed by atoms with Crippen LogP contribution in [0.5, 0.6) is 0 Å². The zero-order chi connectivity index (χ0) is 14.7. The molecule has 1 atom stereocenters. The summed E-state index contributed by atoms with van der Waals surface area (Å²) in [6.07, 6.45) is 0. The largest absolute Gasteiger partial charge is 0.370 e. The van der Waals surface area contributed by atoms with Gasteiger partial charge >= 0.3 is 0 Å². The van der Waals surface area contributed by atoms with Crippen molar-refractivity contribution in [2.75, 3.05) is 5.32 Å². The Morgan fingerprint density at radius 1 is 1.20 bits per heavy atom. The van der Waals surface area contributed by atoms with Crippen molar-refractivity contribution in [2.24, 2.45) is 5.73 Å². The predicted molar refractivity (Wildman–Crippen MR) is 86.2 cm³/mol. The minimum atomic E-state index is -0.738. The lowest BCUT2D eigenvalue weighted by Gasteiger charge is -2.18. The molecule has 0 saturated carbocycles. The van der Waals surface area contributed by atoms with Crippen LogP contribution in [0.3, 0.4) is 0 Å². The number of anilines is 1. The highest BCUT2D eigenvalue weighted by Crippen LogP contribution is 2.29. The maximum Gasteiger partial charge on any atom is 0.244 e. The highest BCUT2D eigenvalue weighted by Gasteiger charge is 2.20. The van der Waals surface area contributed by atoms with Gasteiger partial charge in [-0.3, -0.25) is 4.79 Å². The molecule has 0 aliphatic heterocycles. The summed E-state index contributed by atoms with van der Waals surface area (Å²) in [5.74, 6) is -0.523. The van der Waals surface area contributed by atoms with Crippen LogP contribution in [0.1, 0.15) is 11.6 Å². The first-order valence-electron chi connectivity index (χ1n) is 5.74. The number of carbonyl (C=O) groups excluding carboxylic acids is 1. The van der Waals surface area contributed by atoms with Crippen molar-refractivity contribution >= 4 is 50.7 Å². The molecule has 3 nitrogen and oxygen atoms in total. The molecule has 0 aliphatic rings. The molecule has 0 aromatic heterocycles. The van der Waals surface area contributed by atoms with Crippen molar-refractivity contribution in [3.63, 3.8) is 0 Å². The Morgan fingerprint density at radius 3 is 2.60 bits per heavy atom. The Hall–Kier alpha value is -1.23. The lowest BCUT2D eigenvalue weighted by atomic mass is 10.1. The standard InChI is InChI=1S/C14H11BrCl2N2O/c15-8-4-5-12(17)11(6-8)13(14(18)20)19-10-3-1-2-9(16)7-10/h1-7,13,19H,(H2,18,20). The van der Waals surface area contributed by atoms with Gasteiger partial charge in [0.25, 0.3) is 0 Å². The van der Waals surface area contributed by atoms with Crippen LogP contribution in [0.2, 0.25) is 10.0 Å². The molecule has 0 saturated heterocycles. The molecule has 0 spiro atoms. The maximum atomic E-state index is 11.7. The van der Waals surface area contributed by atoms with E-state index in [0.717, 1.165) is 4.47 Å². The van der Waals surface area contributed by atoms with E-state index in [1.165, 1.54) is 0 Å². The van der Waals surface area contributed by atoms with Crippen molar-refractivity contribution < 1.29 is 4.79 Å². The summed E-state index contributed by atoms with van der Waals surface area (Å²) in [6.45, 7) is 0. The van der Waals surface area contributed by atoms with E-state index in [2.05, 4.69) is 21.2 Å². The topological polar surface area (TPSA) is 55.1 Å². The van der Waals surface area contributed by atoms with Gasteiger partial charge < -0.3 is 11.1 Å². The Labute approximate surface area is 135 Å². The average molecular weight is 374 g/mol. The van der Waals surface area contributed by atoms with Gasteiger partial charge in [0, 0.05) is 25.8 Å². The quantitative estimate of drug-likeness (QED) is 0.834. The number of halogens is 3. The summed E-state index contributed by atoms with van der Waals surface area (Å²) in [6, 6.07) is 11.6. The third kappa shape index (κ3) is 3.66. The number of benzene rings is 2. The first-order chi connectivity index (χ1) is 9.47. The number of carbonyl (C=O) groups is 1. The van der Waals surface area contributed by atoms with Gasteiger partial charge in [0.05, 0.1) is 0 Å². The number of rotatable bonds is 4. The molecule has 0 aliphatic carbocycles. The molecule has 6 heteroatoms. The van der Waals surface area contributed by atoms with Gasteiger partial charge in [0.2, 0.25) is 5.91 Å². The van der Waals surface area contributed by atoms with Crippen LogP contribution >= 0.6 is 39.1 Å². The summed E-state index contributed by atoms with van der Waals surface area (Å²) >= 11 is 15.4. The van der Waals surface area contributed by atoms with Gasteiger partial charge in [-0.2, -0.15) is 0 Å². The minimum absolute atomic E-state index is 0.464. The summed E-state index contributed by atoms with van der Waals surface area (Å²) in [7, 11) is 0. The van der Waals surface area contributed by atoms with Crippen molar-refractivity contribution in [2.45, 2.75) is 6.04 Å². The van der Waals surface area contributed by atoms with Crippen molar-refractivity contribution in [1.29, 1.82) is 0 Å².